The normalized spacial score (nSPS) is 11.7. The number of furan rings is 1. The molecule has 0 aliphatic heterocycles. The van der Waals surface area contributed by atoms with Crippen LogP contribution in [0.3, 0.4) is 0 Å². The van der Waals surface area contributed by atoms with Gasteiger partial charge in [0.2, 0.25) is 0 Å². The van der Waals surface area contributed by atoms with Gasteiger partial charge in [0.1, 0.15) is 5.76 Å². The van der Waals surface area contributed by atoms with E-state index in [9.17, 15) is 8.42 Å². The largest absolute Gasteiger partial charge is 0.469 e. The van der Waals surface area contributed by atoms with Crippen LogP contribution in [-0.2, 0) is 21.3 Å². The lowest BCUT2D eigenvalue weighted by atomic mass is 10.2. The van der Waals surface area contributed by atoms with E-state index in [-0.39, 0.29) is 11.5 Å². The molecule has 21 heavy (non-hydrogen) atoms. The zero-order chi connectivity index (χ0) is 15.3. The van der Waals surface area contributed by atoms with Gasteiger partial charge >= 0.3 is 0 Å². The van der Waals surface area contributed by atoms with Gasteiger partial charge in [0.15, 0.2) is 0 Å². The van der Waals surface area contributed by atoms with Crippen molar-refractivity contribution in [3.8, 4) is 0 Å². The molecule has 2 rings (SSSR count). The van der Waals surface area contributed by atoms with Crippen LogP contribution in [0.4, 0.5) is 0 Å². The predicted octanol–water partition coefficient (Wildman–Crippen LogP) is 2.74. The molecule has 0 atom stereocenters. The zero-order valence-corrected chi connectivity index (χ0v) is 12.9. The van der Waals surface area contributed by atoms with E-state index in [0.717, 1.165) is 11.3 Å². The third-order valence-corrected chi connectivity index (χ3v) is 4.41. The summed E-state index contributed by atoms with van der Waals surface area (Å²) < 4.78 is 29.4. The lowest BCUT2D eigenvalue weighted by Crippen LogP contribution is -2.25. The van der Waals surface area contributed by atoms with Crippen molar-refractivity contribution in [2.24, 2.45) is 0 Å². The lowest BCUT2D eigenvalue weighted by molar-refractivity contribution is 0.0905. The van der Waals surface area contributed by atoms with Crippen molar-refractivity contribution in [3.63, 3.8) is 0 Å². The van der Waals surface area contributed by atoms with Gasteiger partial charge in [-0.1, -0.05) is 22.6 Å². The summed E-state index contributed by atoms with van der Waals surface area (Å²) in [5, 5.41) is 0. The van der Waals surface area contributed by atoms with Crippen LogP contribution in [0.25, 0.3) is 0 Å². The fraction of sp³-hybridized carbons (Fsp3) is 0.333. The number of aryl methyl sites for hydroxylation is 3. The summed E-state index contributed by atoms with van der Waals surface area (Å²) in [4.78, 5) is 7.45. The number of sulfonamides is 1. The number of nitrogens with one attached hydrogen (secondary N) is 1. The van der Waals surface area contributed by atoms with E-state index < -0.39 is 10.0 Å². The molecule has 0 amide bonds. The van der Waals surface area contributed by atoms with Gasteiger partial charge in [-0.3, -0.25) is 4.84 Å². The van der Waals surface area contributed by atoms with Crippen LogP contribution in [-0.4, -0.2) is 15.0 Å². The summed E-state index contributed by atoms with van der Waals surface area (Å²) in [6.45, 7) is 3.96. The molecule has 0 saturated heterocycles. The second kappa shape index (κ2) is 6.89. The Labute approximate surface area is 124 Å². The fourth-order valence-electron chi connectivity index (χ4n) is 2.04. The van der Waals surface area contributed by atoms with Crippen molar-refractivity contribution in [3.05, 3.63) is 53.5 Å². The van der Waals surface area contributed by atoms with Crippen LogP contribution in [0.5, 0.6) is 0 Å². The molecule has 0 radical (unpaired) electrons. The van der Waals surface area contributed by atoms with Crippen LogP contribution in [0.1, 0.15) is 23.3 Å². The molecule has 0 fully saturated rings. The summed E-state index contributed by atoms with van der Waals surface area (Å²) in [5.41, 5.74) is 1.72. The lowest BCUT2D eigenvalue weighted by Gasteiger charge is -2.09. The van der Waals surface area contributed by atoms with Gasteiger partial charge in [0.05, 0.1) is 17.8 Å². The minimum absolute atomic E-state index is 0.235. The van der Waals surface area contributed by atoms with E-state index in [1.165, 1.54) is 0 Å². The quantitative estimate of drug-likeness (QED) is 0.631. The molecule has 1 aromatic heterocycles. The number of hydrogen-bond donors (Lipinski definition) is 1. The summed E-state index contributed by atoms with van der Waals surface area (Å²) in [7, 11) is -3.64. The highest BCUT2D eigenvalue weighted by molar-refractivity contribution is 7.89. The Hall–Kier alpha value is -1.63. The number of hydrogen-bond acceptors (Lipinski definition) is 4. The van der Waals surface area contributed by atoms with Crippen molar-refractivity contribution >= 4 is 10.0 Å². The molecule has 0 aliphatic carbocycles. The topological polar surface area (TPSA) is 68.5 Å². The SMILES string of the molecule is Cc1ccc(S(=O)(=O)NOCCCc2ccco2)c(C)c1. The highest BCUT2D eigenvalue weighted by Gasteiger charge is 2.16. The first-order valence-corrected chi connectivity index (χ1v) is 8.20. The van der Waals surface area contributed by atoms with Crippen molar-refractivity contribution in [1.29, 1.82) is 0 Å². The monoisotopic (exact) mass is 309 g/mol. The maximum absolute atomic E-state index is 12.1. The highest BCUT2D eigenvalue weighted by atomic mass is 32.2. The Morgan fingerprint density at radius 2 is 2.05 bits per heavy atom. The van der Waals surface area contributed by atoms with Gasteiger partial charge in [-0.2, -0.15) is 0 Å². The van der Waals surface area contributed by atoms with E-state index in [0.29, 0.717) is 18.4 Å². The molecule has 6 heteroatoms. The van der Waals surface area contributed by atoms with Crippen LogP contribution in [0, 0.1) is 13.8 Å². The number of benzene rings is 1. The second-order valence-corrected chi connectivity index (χ2v) is 6.50. The van der Waals surface area contributed by atoms with Crippen LogP contribution >= 0.6 is 0 Å². The molecule has 0 spiro atoms. The minimum atomic E-state index is -3.64. The molecule has 2 aromatic rings. The molecule has 0 unspecified atom stereocenters. The Morgan fingerprint density at radius 3 is 2.71 bits per heavy atom. The smallest absolute Gasteiger partial charge is 0.262 e. The molecule has 114 valence electrons. The number of rotatable bonds is 7. The molecule has 1 N–H and O–H groups in total. The molecule has 1 aromatic carbocycles. The third-order valence-electron chi connectivity index (χ3n) is 3.04. The zero-order valence-electron chi connectivity index (χ0n) is 12.1. The first-order chi connectivity index (χ1) is 9.99. The molecule has 0 bridgehead atoms. The van der Waals surface area contributed by atoms with Crippen molar-refractivity contribution in [2.75, 3.05) is 6.61 Å². The average molecular weight is 309 g/mol. The first-order valence-electron chi connectivity index (χ1n) is 6.72. The summed E-state index contributed by atoms with van der Waals surface area (Å²) in [6.07, 6.45) is 2.99. The van der Waals surface area contributed by atoms with Gasteiger partial charge in [-0.25, -0.2) is 8.42 Å². The summed E-state index contributed by atoms with van der Waals surface area (Å²) in [5.74, 6) is 0.857. The van der Waals surface area contributed by atoms with Gasteiger partial charge in [0.25, 0.3) is 10.0 Å². The van der Waals surface area contributed by atoms with Crippen molar-refractivity contribution < 1.29 is 17.7 Å². The van der Waals surface area contributed by atoms with Crippen LogP contribution in [0.15, 0.2) is 45.9 Å². The fourth-order valence-corrected chi connectivity index (χ4v) is 3.10. The Balaban J connectivity index is 1.84. The van der Waals surface area contributed by atoms with E-state index in [4.69, 9.17) is 9.25 Å². The van der Waals surface area contributed by atoms with Gasteiger partial charge in [-0.05, 0) is 44.0 Å². The van der Waals surface area contributed by atoms with E-state index >= 15 is 0 Å². The average Bonchev–Trinajstić information content (AvgIpc) is 2.91. The van der Waals surface area contributed by atoms with E-state index in [2.05, 4.69) is 4.89 Å². The minimum Gasteiger partial charge on any atom is -0.469 e. The third kappa shape index (κ3) is 4.42. The standard InChI is InChI=1S/C15H19NO4S/c1-12-7-8-15(13(2)11-12)21(17,18)16-20-10-4-6-14-5-3-9-19-14/h3,5,7-9,11,16H,4,6,10H2,1-2H3. The molecule has 0 saturated carbocycles. The van der Waals surface area contributed by atoms with Crippen molar-refractivity contribution in [1.82, 2.24) is 4.89 Å². The van der Waals surface area contributed by atoms with E-state index in [1.807, 2.05) is 25.1 Å². The van der Waals surface area contributed by atoms with Gasteiger partial charge < -0.3 is 4.42 Å². The van der Waals surface area contributed by atoms with Crippen LogP contribution < -0.4 is 4.89 Å². The van der Waals surface area contributed by atoms with Crippen LogP contribution in [0.2, 0.25) is 0 Å². The summed E-state index contributed by atoms with van der Waals surface area (Å²) >= 11 is 0. The molecule has 1 heterocycles. The molecule has 0 aliphatic rings. The Morgan fingerprint density at radius 1 is 1.24 bits per heavy atom. The van der Waals surface area contributed by atoms with Gasteiger partial charge in [-0.15, -0.1) is 0 Å². The second-order valence-electron chi connectivity index (χ2n) is 4.89. The Kier molecular flexibility index (Phi) is 5.17. The predicted molar refractivity (Wildman–Crippen MR) is 79.2 cm³/mol. The molecular weight excluding hydrogens is 290 g/mol. The summed E-state index contributed by atoms with van der Waals surface area (Å²) in [6, 6.07) is 8.86. The molecule has 5 nitrogen and oxygen atoms in total. The molecular formula is C15H19NO4S. The van der Waals surface area contributed by atoms with Crippen molar-refractivity contribution in [2.45, 2.75) is 31.6 Å². The highest BCUT2D eigenvalue weighted by Crippen LogP contribution is 2.16. The Bertz CT molecular complexity index is 678. The maximum atomic E-state index is 12.1. The van der Waals surface area contributed by atoms with E-state index in [1.54, 1.807) is 25.3 Å². The first kappa shape index (κ1) is 15.8. The van der Waals surface area contributed by atoms with Gasteiger partial charge in [0, 0.05) is 6.42 Å². The maximum Gasteiger partial charge on any atom is 0.262 e.